The van der Waals surface area contributed by atoms with Gasteiger partial charge in [-0.2, -0.15) is 0 Å². The molecule has 0 saturated heterocycles. The Kier molecular flexibility index (Phi) is 8.33. The van der Waals surface area contributed by atoms with E-state index in [1.165, 1.54) is 61.7 Å². The molecular weight excluding hydrogens is 422 g/mol. The summed E-state index contributed by atoms with van der Waals surface area (Å²) in [6.07, 6.45) is 11.0. The van der Waals surface area contributed by atoms with E-state index in [2.05, 4.69) is 36.1 Å². The fraction of sp³-hybridized carbons (Fsp3) is 0.632. The van der Waals surface area contributed by atoms with Crippen molar-refractivity contribution in [3.05, 3.63) is 30.5 Å². The molecule has 2 aromatic rings. The van der Waals surface area contributed by atoms with Gasteiger partial charge in [-0.1, -0.05) is 0 Å². The SMILES string of the molecule is CCC[CH2][Sn]([CH2]CCC)([CH2]CCC)[c]1cn(-c2cccnc2F)nn1. The molecule has 0 unspecified atom stereocenters. The molecule has 2 aromatic heterocycles. The number of hydrogen-bond donors (Lipinski definition) is 0. The molecule has 0 aliphatic carbocycles. The summed E-state index contributed by atoms with van der Waals surface area (Å²) in [5.41, 5.74) is 0.392. The van der Waals surface area contributed by atoms with Gasteiger partial charge in [-0.3, -0.25) is 0 Å². The summed E-state index contributed by atoms with van der Waals surface area (Å²) in [5.74, 6) is -0.490. The molecule has 2 heterocycles. The van der Waals surface area contributed by atoms with Gasteiger partial charge in [-0.15, -0.1) is 0 Å². The van der Waals surface area contributed by atoms with Gasteiger partial charge in [0.15, 0.2) is 0 Å². The Bertz CT molecular complexity index is 622. The molecule has 0 saturated carbocycles. The number of pyridine rings is 1. The third-order valence-electron chi connectivity index (χ3n) is 5.05. The zero-order valence-corrected chi connectivity index (χ0v) is 18.7. The van der Waals surface area contributed by atoms with Crippen molar-refractivity contribution in [2.45, 2.75) is 72.6 Å². The van der Waals surface area contributed by atoms with Crippen LogP contribution in [0.5, 0.6) is 0 Å². The number of rotatable bonds is 11. The van der Waals surface area contributed by atoms with Crippen LogP contribution in [-0.4, -0.2) is 38.4 Å². The van der Waals surface area contributed by atoms with Crippen molar-refractivity contribution in [1.82, 2.24) is 20.0 Å². The molecule has 0 radical (unpaired) electrons. The van der Waals surface area contributed by atoms with Crippen LogP contribution < -0.4 is 3.71 Å². The van der Waals surface area contributed by atoms with Gasteiger partial charge in [0, 0.05) is 0 Å². The van der Waals surface area contributed by atoms with E-state index in [9.17, 15) is 4.39 Å². The minimum atomic E-state index is -2.60. The van der Waals surface area contributed by atoms with Crippen molar-refractivity contribution in [2.24, 2.45) is 0 Å². The number of nitrogens with zero attached hydrogens (tertiary/aromatic N) is 4. The summed E-state index contributed by atoms with van der Waals surface area (Å²) in [7, 11) is 0. The summed E-state index contributed by atoms with van der Waals surface area (Å²) in [4.78, 5) is 3.74. The van der Waals surface area contributed by atoms with E-state index in [0.29, 0.717) is 5.69 Å². The topological polar surface area (TPSA) is 43.6 Å². The Morgan fingerprint density at radius 1 is 1.00 bits per heavy atom. The minimum absolute atomic E-state index is 0.392. The van der Waals surface area contributed by atoms with Crippen LogP contribution in [0.25, 0.3) is 5.69 Å². The summed E-state index contributed by atoms with van der Waals surface area (Å²) in [5, 5.41) is 8.85. The zero-order chi connectivity index (χ0) is 18.1. The maximum atomic E-state index is 14.0. The predicted octanol–water partition coefficient (Wildman–Crippen LogP) is 4.86. The van der Waals surface area contributed by atoms with Crippen LogP contribution in [0.3, 0.4) is 0 Å². The zero-order valence-electron chi connectivity index (χ0n) is 15.8. The van der Waals surface area contributed by atoms with Gasteiger partial charge in [0.25, 0.3) is 0 Å². The third kappa shape index (κ3) is 5.25. The van der Waals surface area contributed by atoms with Gasteiger partial charge in [-0.25, -0.2) is 0 Å². The average molecular weight is 453 g/mol. The monoisotopic (exact) mass is 454 g/mol. The maximum absolute atomic E-state index is 14.0. The van der Waals surface area contributed by atoms with Crippen LogP contribution in [0, 0.1) is 5.95 Å². The molecule has 0 amide bonds. The van der Waals surface area contributed by atoms with Crippen molar-refractivity contribution < 1.29 is 4.39 Å². The van der Waals surface area contributed by atoms with Crippen molar-refractivity contribution in [2.75, 3.05) is 0 Å². The van der Waals surface area contributed by atoms with Crippen LogP contribution in [0.2, 0.25) is 13.3 Å². The van der Waals surface area contributed by atoms with E-state index < -0.39 is 24.3 Å². The van der Waals surface area contributed by atoms with E-state index in [4.69, 9.17) is 0 Å². The molecule has 0 fully saturated rings. The van der Waals surface area contributed by atoms with Crippen LogP contribution in [0.15, 0.2) is 24.5 Å². The fourth-order valence-electron chi connectivity index (χ4n) is 3.48. The molecule has 0 aromatic carbocycles. The Balaban J connectivity index is 2.36. The van der Waals surface area contributed by atoms with E-state index in [0.717, 1.165) is 0 Å². The molecule has 0 bridgehead atoms. The first-order chi connectivity index (χ1) is 12.2. The van der Waals surface area contributed by atoms with Crippen molar-refractivity contribution in [3.8, 4) is 5.69 Å². The number of hydrogen-bond acceptors (Lipinski definition) is 3. The molecule has 0 atom stereocenters. The van der Waals surface area contributed by atoms with Crippen molar-refractivity contribution >= 4 is 22.1 Å². The molecule has 4 nitrogen and oxygen atoms in total. The molecule has 25 heavy (non-hydrogen) atoms. The van der Waals surface area contributed by atoms with Gasteiger partial charge in [0.2, 0.25) is 0 Å². The standard InChI is InChI=1S/C7H4FN4.3C4H9.Sn/c8-7-6(2-1-3-9-7)12-5-4-10-11-12;3*1-3-4-2;/h1-3,5H;3*1,3-4H2,2H3;. The first-order valence-electron chi connectivity index (χ1n) is 9.70. The second-order valence-corrected chi connectivity index (χ2v) is 20.0. The molecule has 0 N–H and O–H groups in total. The van der Waals surface area contributed by atoms with Crippen LogP contribution in [0.1, 0.15) is 59.3 Å². The van der Waals surface area contributed by atoms with Crippen LogP contribution in [0.4, 0.5) is 4.39 Å². The molecule has 0 aliphatic heterocycles. The summed E-state index contributed by atoms with van der Waals surface area (Å²) in [6, 6.07) is 3.45. The first kappa shape index (κ1) is 20.3. The van der Waals surface area contributed by atoms with E-state index in [-0.39, 0.29) is 0 Å². The Hall–Kier alpha value is -0.981. The summed E-state index contributed by atoms with van der Waals surface area (Å²) >= 11 is -2.60. The molecule has 0 spiro atoms. The van der Waals surface area contributed by atoms with Crippen molar-refractivity contribution in [1.29, 1.82) is 0 Å². The number of halogens is 1. The normalized spacial score (nSPS) is 11.8. The Morgan fingerprint density at radius 2 is 1.60 bits per heavy atom. The first-order valence-corrected chi connectivity index (χ1v) is 17.2. The quantitative estimate of drug-likeness (QED) is 0.361. The van der Waals surface area contributed by atoms with E-state index in [1.54, 1.807) is 16.8 Å². The second kappa shape index (κ2) is 10.2. The van der Waals surface area contributed by atoms with Gasteiger partial charge < -0.3 is 0 Å². The second-order valence-electron chi connectivity index (χ2n) is 6.95. The molecule has 138 valence electrons. The molecule has 6 heteroatoms. The number of aromatic nitrogens is 4. The van der Waals surface area contributed by atoms with Crippen LogP contribution in [-0.2, 0) is 0 Å². The Morgan fingerprint density at radius 3 is 2.12 bits per heavy atom. The van der Waals surface area contributed by atoms with Gasteiger partial charge in [-0.05, 0) is 0 Å². The van der Waals surface area contributed by atoms with Gasteiger partial charge >= 0.3 is 155 Å². The number of unbranched alkanes of at least 4 members (excludes halogenated alkanes) is 3. The molecule has 0 aliphatic rings. The fourth-order valence-corrected chi connectivity index (χ4v) is 18.5. The predicted molar refractivity (Wildman–Crippen MR) is 104 cm³/mol. The molecule has 2 rings (SSSR count). The molecular formula is C19H31FN4Sn. The Labute approximate surface area is 155 Å². The van der Waals surface area contributed by atoms with Gasteiger partial charge in [0.05, 0.1) is 0 Å². The average Bonchev–Trinajstić information content (AvgIpc) is 3.12. The summed E-state index contributed by atoms with van der Waals surface area (Å²) in [6.45, 7) is 6.79. The van der Waals surface area contributed by atoms with Crippen molar-refractivity contribution in [3.63, 3.8) is 0 Å². The van der Waals surface area contributed by atoms with Gasteiger partial charge in [0.1, 0.15) is 0 Å². The third-order valence-corrected chi connectivity index (χ3v) is 20.0. The summed E-state index contributed by atoms with van der Waals surface area (Å²) < 4.78 is 20.8. The van der Waals surface area contributed by atoms with E-state index >= 15 is 0 Å². The van der Waals surface area contributed by atoms with Crippen LogP contribution >= 0.6 is 0 Å². The van der Waals surface area contributed by atoms with E-state index in [1.807, 2.05) is 6.20 Å².